The molecule has 6 nitrogen and oxygen atoms in total. The number of halogens is 6. The Hall–Kier alpha value is -5.33. The fourth-order valence-corrected chi connectivity index (χ4v) is 11.9. The number of ketones is 1. The van der Waals surface area contributed by atoms with E-state index in [1.165, 1.54) is 7.11 Å². The number of Topliss-reactive ketones (excluding diaryl/α,β-unsaturated/α-hetero) is 1. The number of carbonyl (C=O) groups is 2. The second-order valence-corrected chi connectivity index (χ2v) is 19.2. The molecule has 9 rings (SSSR count). The minimum Gasteiger partial charge on any atom is -0.465 e. The van der Waals surface area contributed by atoms with E-state index in [0.717, 1.165) is 44.6 Å². The lowest BCUT2D eigenvalue weighted by molar-refractivity contribution is -0.279. The van der Waals surface area contributed by atoms with Gasteiger partial charge in [-0.05, 0) is 159 Å². The van der Waals surface area contributed by atoms with Crippen LogP contribution in [0.1, 0.15) is 117 Å². The van der Waals surface area contributed by atoms with E-state index in [-0.39, 0.29) is 62.6 Å². The molecular formula is C54H55F6NO5. The monoisotopic (exact) mass is 911 g/mol. The van der Waals surface area contributed by atoms with Crippen LogP contribution in [-0.2, 0) is 47.7 Å². The summed E-state index contributed by atoms with van der Waals surface area (Å²) in [7, 11) is 1.33. The van der Waals surface area contributed by atoms with Crippen LogP contribution in [0.4, 0.5) is 26.3 Å². The van der Waals surface area contributed by atoms with Crippen molar-refractivity contribution in [3.8, 4) is 0 Å². The number of rotatable bonds is 8. The highest BCUT2D eigenvalue weighted by Crippen LogP contribution is 2.59. The van der Waals surface area contributed by atoms with Crippen molar-refractivity contribution in [1.29, 1.82) is 0 Å². The Balaban J connectivity index is 0.000000182. The molecule has 0 bridgehead atoms. The Labute approximate surface area is 381 Å². The third-order valence-corrected chi connectivity index (χ3v) is 15.5. The number of hydrogen-bond donors (Lipinski definition) is 2. The standard InChI is InChI=1S/C30H30F3NO2.C24H25F3O3/c1-20-22(8-5-15-34-20)17-27(35)24-10-12-26-23(16-24)9-11-25-19-29(36,30(31,32)33)14-13-28(25,26)18-21-6-3-2-4-7-21;1-30-21(28)18-8-10-20-17(13-18)7-9-19-15-23(29,24(25,26)27)12-11-22(19,20)14-16-5-3-2-4-6-16/h2-8,10,12,15-16,25,36H,9,11,13-14,17-19H2,1H3;2-6,8,10,13,19,29H,7,9,11-12,14-15H2,1H3/t25-,28-,29?;19-,22-,23?/m00/s1. The number of hydrogen-bond acceptors (Lipinski definition) is 6. The van der Waals surface area contributed by atoms with Crippen LogP contribution in [0.5, 0.6) is 0 Å². The van der Waals surface area contributed by atoms with Crippen molar-refractivity contribution in [2.45, 2.75) is 125 Å². The summed E-state index contributed by atoms with van der Waals surface area (Å²) in [6.45, 7) is 1.88. The van der Waals surface area contributed by atoms with Gasteiger partial charge in [-0.1, -0.05) is 84.9 Å². The zero-order chi connectivity index (χ0) is 47.1. The summed E-state index contributed by atoms with van der Waals surface area (Å²) in [4.78, 5) is 29.3. The van der Waals surface area contributed by atoms with Crippen LogP contribution in [-0.4, -0.2) is 57.6 Å². The Morgan fingerprint density at radius 2 is 1.12 bits per heavy atom. The quantitative estimate of drug-likeness (QED) is 0.0914. The second kappa shape index (κ2) is 18.1. The summed E-state index contributed by atoms with van der Waals surface area (Å²) in [5, 5.41) is 21.0. The molecule has 4 aromatic carbocycles. The van der Waals surface area contributed by atoms with Crippen molar-refractivity contribution >= 4 is 11.8 Å². The third kappa shape index (κ3) is 8.95. The van der Waals surface area contributed by atoms with Gasteiger partial charge in [0.15, 0.2) is 17.0 Å². The number of aryl methyl sites for hydroxylation is 3. The average molecular weight is 912 g/mol. The molecule has 0 spiro atoms. The molecule has 0 aliphatic heterocycles. The summed E-state index contributed by atoms with van der Waals surface area (Å²) in [5.74, 6) is -1.02. The highest BCUT2D eigenvalue weighted by atomic mass is 19.4. The molecule has 0 saturated heterocycles. The van der Waals surface area contributed by atoms with Crippen LogP contribution >= 0.6 is 0 Å². The number of aliphatic hydroxyl groups is 2. The normalized spacial score (nSPS) is 26.9. The lowest BCUT2D eigenvalue weighted by Crippen LogP contribution is -2.56. The third-order valence-electron chi connectivity index (χ3n) is 15.5. The summed E-state index contributed by atoms with van der Waals surface area (Å²) in [6, 6.07) is 34.5. The molecule has 5 aromatic rings. The number of carbonyl (C=O) groups excluding carboxylic acids is 2. The first kappa shape index (κ1) is 47.2. The Morgan fingerprint density at radius 1 is 0.652 bits per heavy atom. The van der Waals surface area contributed by atoms with Gasteiger partial charge in [0, 0.05) is 34.7 Å². The Kier molecular flexibility index (Phi) is 12.9. The van der Waals surface area contributed by atoms with E-state index in [2.05, 4.69) is 4.98 Å². The number of fused-ring (bicyclic) bond motifs is 6. The number of alkyl halides is 6. The van der Waals surface area contributed by atoms with E-state index in [4.69, 9.17) is 4.74 Å². The molecule has 1 heterocycles. The molecule has 12 heteroatoms. The molecule has 4 aliphatic carbocycles. The number of esters is 1. The summed E-state index contributed by atoms with van der Waals surface area (Å²) in [5.41, 5.74) is 2.68. The molecule has 4 aliphatic rings. The minimum atomic E-state index is -4.65. The van der Waals surface area contributed by atoms with Crippen LogP contribution in [0.2, 0.25) is 0 Å². The van der Waals surface area contributed by atoms with Crippen molar-refractivity contribution in [3.63, 3.8) is 0 Å². The number of methoxy groups -OCH3 is 1. The van der Waals surface area contributed by atoms with Crippen molar-refractivity contribution in [3.05, 3.63) is 171 Å². The summed E-state index contributed by atoms with van der Waals surface area (Å²) < 4.78 is 87.0. The number of aromatic nitrogens is 1. The van der Waals surface area contributed by atoms with Crippen molar-refractivity contribution in [1.82, 2.24) is 4.98 Å². The van der Waals surface area contributed by atoms with E-state index in [0.29, 0.717) is 49.7 Å². The maximum absolute atomic E-state index is 13.8. The second-order valence-electron chi connectivity index (χ2n) is 19.2. The molecule has 66 heavy (non-hydrogen) atoms. The molecule has 348 valence electrons. The molecule has 2 N–H and O–H groups in total. The van der Waals surface area contributed by atoms with Gasteiger partial charge in [0.1, 0.15) is 0 Å². The predicted octanol–water partition coefficient (Wildman–Crippen LogP) is 11.3. The average Bonchev–Trinajstić information content (AvgIpc) is 3.29. The molecule has 6 atom stereocenters. The molecule has 2 fully saturated rings. The van der Waals surface area contributed by atoms with Crippen LogP contribution in [0, 0.1) is 18.8 Å². The van der Waals surface area contributed by atoms with Gasteiger partial charge in [0.25, 0.3) is 0 Å². The number of pyridine rings is 1. The van der Waals surface area contributed by atoms with E-state index in [9.17, 15) is 46.1 Å². The van der Waals surface area contributed by atoms with Gasteiger partial charge in [-0.15, -0.1) is 0 Å². The van der Waals surface area contributed by atoms with Gasteiger partial charge in [-0.3, -0.25) is 9.78 Å². The summed E-state index contributed by atoms with van der Waals surface area (Å²) in [6.07, 6.45) is -4.56. The fraction of sp³-hybridized carbons (Fsp3) is 0.426. The fourth-order valence-electron chi connectivity index (χ4n) is 11.9. The first-order valence-electron chi connectivity index (χ1n) is 22.7. The number of ether oxygens (including phenoxy) is 1. The van der Waals surface area contributed by atoms with Gasteiger partial charge in [-0.25, -0.2) is 4.79 Å². The van der Waals surface area contributed by atoms with Gasteiger partial charge in [0.05, 0.1) is 12.7 Å². The van der Waals surface area contributed by atoms with Gasteiger partial charge >= 0.3 is 18.3 Å². The van der Waals surface area contributed by atoms with E-state index < -0.39 is 40.4 Å². The summed E-state index contributed by atoms with van der Waals surface area (Å²) >= 11 is 0. The first-order chi connectivity index (χ1) is 31.3. The van der Waals surface area contributed by atoms with Crippen LogP contribution in [0.25, 0.3) is 0 Å². The molecule has 1 aromatic heterocycles. The van der Waals surface area contributed by atoms with E-state index >= 15 is 0 Å². The lowest BCUT2D eigenvalue weighted by atomic mass is 9.52. The van der Waals surface area contributed by atoms with Crippen LogP contribution < -0.4 is 0 Å². The molecular weight excluding hydrogens is 857 g/mol. The van der Waals surface area contributed by atoms with E-state index in [1.807, 2.05) is 110 Å². The van der Waals surface area contributed by atoms with Gasteiger partial charge < -0.3 is 14.9 Å². The topological polar surface area (TPSA) is 96.7 Å². The van der Waals surface area contributed by atoms with Crippen molar-refractivity contribution in [2.75, 3.05) is 7.11 Å². The maximum atomic E-state index is 13.8. The maximum Gasteiger partial charge on any atom is 0.417 e. The zero-order valence-electron chi connectivity index (χ0n) is 37.2. The Morgan fingerprint density at radius 3 is 1.58 bits per heavy atom. The molecule has 2 saturated carbocycles. The smallest absolute Gasteiger partial charge is 0.417 e. The predicted molar refractivity (Wildman–Crippen MR) is 238 cm³/mol. The SMILES string of the molecule is COC(=O)c1ccc2c(c1)CC[C@H]1CC(O)(C(F)(F)F)CC[C@@]21Cc1ccccc1.Cc1ncccc1CC(=O)c1ccc2c(c1)CC[C@H]1CC(O)(C(F)(F)F)CC[C@@]21Cc1ccccc1. The van der Waals surface area contributed by atoms with E-state index in [1.54, 1.807) is 12.3 Å². The van der Waals surface area contributed by atoms with Crippen LogP contribution in [0.3, 0.4) is 0 Å². The minimum absolute atomic E-state index is 0.00298. The number of benzene rings is 4. The largest absolute Gasteiger partial charge is 0.465 e. The molecule has 0 radical (unpaired) electrons. The highest BCUT2D eigenvalue weighted by molar-refractivity contribution is 5.98. The Bertz CT molecular complexity index is 2560. The first-order valence-corrected chi connectivity index (χ1v) is 22.7. The van der Waals surface area contributed by atoms with Crippen molar-refractivity contribution in [2.24, 2.45) is 11.8 Å². The van der Waals surface area contributed by atoms with Crippen molar-refractivity contribution < 1.29 is 50.9 Å². The molecule has 2 unspecified atom stereocenters. The highest BCUT2D eigenvalue weighted by Gasteiger charge is 2.62. The lowest BCUT2D eigenvalue weighted by Gasteiger charge is -2.53. The van der Waals surface area contributed by atoms with Gasteiger partial charge in [-0.2, -0.15) is 26.3 Å². The molecule has 0 amide bonds. The van der Waals surface area contributed by atoms with Gasteiger partial charge in [0.2, 0.25) is 0 Å². The zero-order valence-corrected chi connectivity index (χ0v) is 37.2. The number of nitrogens with zero attached hydrogens (tertiary/aromatic N) is 1. The van der Waals surface area contributed by atoms with Crippen LogP contribution in [0.15, 0.2) is 115 Å².